The molecule has 0 amide bonds. The molecule has 0 spiro atoms. The minimum Gasteiger partial charge on any atom is -0.334 e. The molecular formula is C11H18F3N3. The van der Waals surface area contributed by atoms with Crippen molar-refractivity contribution in [3.05, 3.63) is 18.2 Å². The first-order valence-electron chi connectivity index (χ1n) is 5.66. The van der Waals surface area contributed by atoms with E-state index in [0.717, 1.165) is 6.54 Å². The molecule has 1 N–H and O–H groups in total. The molecule has 0 aliphatic rings. The van der Waals surface area contributed by atoms with Crippen molar-refractivity contribution in [3.8, 4) is 0 Å². The maximum Gasteiger partial charge on any atom is 0.390 e. The Morgan fingerprint density at radius 3 is 2.71 bits per heavy atom. The molecule has 0 unspecified atom stereocenters. The molecule has 6 heteroatoms. The maximum atomic E-state index is 12.1. The molecule has 98 valence electrons. The first kappa shape index (κ1) is 14.0. The van der Waals surface area contributed by atoms with E-state index >= 15 is 0 Å². The van der Waals surface area contributed by atoms with E-state index in [9.17, 15) is 13.2 Å². The molecule has 0 radical (unpaired) electrons. The number of hydrogen-bond donors (Lipinski definition) is 1. The van der Waals surface area contributed by atoms with Crippen LogP contribution >= 0.6 is 0 Å². The summed E-state index contributed by atoms with van der Waals surface area (Å²) in [6.07, 6.45) is -1.83. The molecule has 17 heavy (non-hydrogen) atoms. The van der Waals surface area contributed by atoms with Crippen LogP contribution in [0.2, 0.25) is 0 Å². The molecule has 1 aromatic heterocycles. The fourth-order valence-electron chi connectivity index (χ4n) is 1.43. The zero-order chi connectivity index (χ0) is 12.9. The molecular weight excluding hydrogens is 231 g/mol. The third kappa shape index (κ3) is 5.72. The predicted octanol–water partition coefficient (Wildman–Crippen LogP) is 2.58. The van der Waals surface area contributed by atoms with Gasteiger partial charge in [0.25, 0.3) is 0 Å². The number of rotatable bonds is 6. The van der Waals surface area contributed by atoms with Gasteiger partial charge in [-0.15, -0.1) is 0 Å². The molecule has 1 aromatic rings. The minimum absolute atomic E-state index is 0.0673. The average molecular weight is 249 g/mol. The van der Waals surface area contributed by atoms with Crippen LogP contribution in [0.1, 0.15) is 26.1 Å². The quantitative estimate of drug-likeness (QED) is 0.839. The predicted molar refractivity (Wildman–Crippen MR) is 59.4 cm³/mol. The molecule has 0 aliphatic heterocycles. The Morgan fingerprint density at radius 2 is 2.12 bits per heavy atom. The lowest BCUT2D eigenvalue weighted by Gasteiger charge is -2.11. The maximum absolute atomic E-state index is 12.1. The van der Waals surface area contributed by atoms with Gasteiger partial charge in [-0.1, -0.05) is 13.8 Å². The van der Waals surface area contributed by atoms with Crippen LogP contribution in [0.5, 0.6) is 0 Å². The lowest BCUT2D eigenvalue weighted by molar-refractivity contribution is -0.136. The van der Waals surface area contributed by atoms with Gasteiger partial charge in [-0.05, 0) is 12.5 Å². The van der Waals surface area contributed by atoms with Crippen LogP contribution in [-0.4, -0.2) is 22.3 Å². The van der Waals surface area contributed by atoms with Crippen molar-refractivity contribution >= 4 is 0 Å². The Balaban J connectivity index is 2.43. The van der Waals surface area contributed by atoms with E-state index in [1.54, 1.807) is 10.8 Å². The van der Waals surface area contributed by atoms with E-state index in [1.807, 2.05) is 0 Å². The molecule has 1 rings (SSSR count). The zero-order valence-corrected chi connectivity index (χ0v) is 10.1. The van der Waals surface area contributed by atoms with Crippen molar-refractivity contribution in [2.75, 3.05) is 6.54 Å². The third-order valence-electron chi connectivity index (χ3n) is 2.27. The first-order valence-corrected chi connectivity index (χ1v) is 5.66. The van der Waals surface area contributed by atoms with Crippen molar-refractivity contribution < 1.29 is 13.2 Å². The second-order valence-electron chi connectivity index (χ2n) is 4.43. The third-order valence-corrected chi connectivity index (χ3v) is 2.27. The second-order valence-corrected chi connectivity index (χ2v) is 4.43. The molecule has 1 heterocycles. The number of nitrogens with zero attached hydrogens (tertiary/aromatic N) is 2. The van der Waals surface area contributed by atoms with Crippen molar-refractivity contribution in [1.82, 2.24) is 14.9 Å². The summed E-state index contributed by atoms with van der Waals surface area (Å²) in [5.41, 5.74) is 0. The van der Waals surface area contributed by atoms with Crippen molar-refractivity contribution in [1.29, 1.82) is 0 Å². The van der Waals surface area contributed by atoms with Gasteiger partial charge >= 0.3 is 6.18 Å². The van der Waals surface area contributed by atoms with Crippen LogP contribution in [-0.2, 0) is 13.1 Å². The number of hydrogen-bond acceptors (Lipinski definition) is 2. The van der Waals surface area contributed by atoms with Gasteiger partial charge < -0.3 is 9.88 Å². The number of halogens is 3. The summed E-state index contributed by atoms with van der Waals surface area (Å²) >= 11 is 0. The van der Waals surface area contributed by atoms with Crippen LogP contribution in [0.3, 0.4) is 0 Å². The molecule has 0 bridgehead atoms. The van der Waals surface area contributed by atoms with Crippen molar-refractivity contribution in [2.45, 2.75) is 39.5 Å². The van der Waals surface area contributed by atoms with Crippen LogP contribution < -0.4 is 5.32 Å². The van der Waals surface area contributed by atoms with E-state index in [2.05, 4.69) is 24.1 Å². The summed E-state index contributed by atoms with van der Waals surface area (Å²) in [6.45, 7) is 5.41. The minimum atomic E-state index is -4.12. The summed E-state index contributed by atoms with van der Waals surface area (Å²) in [6, 6.07) is 0. The van der Waals surface area contributed by atoms with Gasteiger partial charge in [0.15, 0.2) is 0 Å². The fraction of sp³-hybridized carbons (Fsp3) is 0.727. The van der Waals surface area contributed by atoms with Crippen LogP contribution in [0.25, 0.3) is 0 Å². The highest BCUT2D eigenvalue weighted by molar-refractivity contribution is 4.92. The molecule has 0 aromatic carbocycles. The highest BCUT2D eigenvalue weighted by atomic mass is 19.4. The first-order chi connectivity index (χ1) is 7.88. The lowest BCUT2D eigenvalue weighted by Crippen LogP contribution is -2.22. The fourth-order valence-corrected chi connectivity index (χ4v) is 1.43. The van der Waals surface area contributed by atoms with Gasteiger partial charge in [0.05, 0.1) is 13.0 Å². The molecule has 0 atom stereocenters. The lowest BCUT2D eigenvalue weighted by atomic mass is 10.2. The summed E-state index contributed by atoms with van der Waals surface area (Å²) in [5.74, 6) is 1.16. The van der Waals surface area contributed by atoms with Gasteiger partial charge in [0, 0.05) is 18.9 Å². The zero-order valence-electron chi connectivity index (χ0n) is 10.1. The highest BCUT2D eigenvalue weighted by Gasteiger charge is 2.26. The monoisotopic (exact) mass is 249 g/mol. The summed E-state index contributed by atoms with van der Waals surface area (Å²) in [5, 5.41) is 3.16. The normalized spacial score (nSPS) is 12.4. The molecule has 3 nitrogen and oxygen atoms in total. The molecule has 0 aliphatic carbocycles. The molecule has 0 saturated heterocycles. The van der Waals surface area contributed by atoms with Crippen molar-refractivity contribution in [2.24, 2.45) is 5.92 Å². The van der Waals surface area contributed by atoms with Gasteiger partial charge in [-0.3, -0.25) is 0 Å². The number of imidazole rings is 1. The number of nitrogens with one attached hydrogen (secondary N) is 1. The summed E-state index contributed by atoms with van der Waals surface area (Å²) in [4.78, 5) is 4.05. The number of aromatic nitrogens is 2. The average Bonchev–Trinajstić information content (AvgIpc) is 2.61. The van der Waals surface area contributed by atoms with E-state index in [4.69, 9.17) is 0 Å². The number of alkyl halides is 3. The standard InChI is InChI=1S/C11H18F3N3/c1-9(2)7-15-8-10-16-4-6-17(10)5-3-11(12,13)14/h4,6,9,15H,3,5,7-8H2,1-2H3. The van der Waals surface area contributed by atoms with E-state index in [0.29, 0.717) is 18.3 Å². The number of aryl methyl sites for hydroxylation is 1. The Morgan fingerprint density at radius 1 is 1.41 bits per heavy atom. The van der Waals surface area contributed by atoms with Crippen LogP contribution in [0.4, 0.5) is 13.2 Å². The SMILES string of the molecule is CC(C)CNCc1nccn1CCC(F)(F)F. The molecule has 0 saturated carbocycles. The second kappa shape index (κ2) is 6.05. The largest absolute Gasteiger partial charge is 0.390 e. The van der Waals surface area contributed by atoms with E-state index in [1.165, 1.54) is 6.20 Å². The van der Waals surface area contributed by atoms with E-state index in [-0.39, 0.29) is 6.54 Å². The summed E-state index contributed by atoms with van der Waals surface area (Å²) in [7, 11) is 0. The van der Waals surface area contributed by atoms with E-state index < -0.39 is 12.6 Å². The summed E-state index contributed by atoms with van der Waals surface area (Å²) < 4.78 is 37.8. The smallest absolute Gasteiger partial charge is 0.334 e. The Kier molecular flexibility index (Phi) is 4.99. The highest BCUT2D eigenvalue weighted by Crippen LogP contribution is 2.20. The Bertz CT molecular complexity index is 331. The van der Waals surface area contributed by atoms with Gasteiger partial charge in [0.2, 0.25) is 0 Å². The van der Waals surface area contributed by atoms with Crippen LogP contribution in [0, 0.1) is 5.92 Å². The van der Waals surface area contributed by atoms with Gasteiger partial charge in [-0.2, -0.15) is 13.2 Å². The molecule has 0 fully saturated rings. The van der Waals surface area contributed by atoms with Crippen LogP contribution in [0.15, 0.2) is 12.4 Å². The van der Waals surface area contributed by atoms with Gasteiger partial charge in [-0.25, -0.2) is 4.98 Å². The van der Waals surface area contributed by atoms with Gasteiger partial charge in [0.1, 0.15) is 5.82 Å². The Hall–Kier alpha value is -1.04. The Labute approximate surface area is 99.0 Å². The topological polar surface area (TPSA) is 29.9 Å². The van der Waals surface area contributed by atoms with Crippen molar-refractivity contribution in [3.63, 3.8) is 0 Å².